The van der Waals surface area contributed by atoms with Crippen LogP contribution in [0.4, 0.5) is 10.5 Å². The van der Waals surface area contributed by atoms with Gasteiger partial charge in [0.15, 0.2) is 0 Å². The van der Waals surface area contributed by atoms with E-state index in [9.17, 15) is 9.59 Å². The zero-order valence-corrected chi connectivity index (χ0v) is 18.7. The molecule has 7 heteroatoms. The number of carbonyl (C=O) groups excluding carboxylic acids is 2. The first-order chi connectivity index (χ1) is 14.6. The summed E-state index contributed by atoms with van der Waals surface area (Å²) < 4.78 is 6.47. The molecule has 3 aliphatic rings. The molecule has 1 atom stereocenters. The number of halogens is 1. The highest BCUT2D eigenvalue weighted by atomic mass is 127. The molecule has 0 N–H and O–H groups in total. The normalized spacial score (nSPS) is 22.6. The summed E-state index contributed by atoms with van der Waals surface area (Å²) >= 11 is 2.25. The van der Waals surface area contributed by atoms with Crippen LogP contribution in [0.15, 0.2) is 53.5 Å². The van der Waals surface area contributed by atoms with Crippen molar-refractivity contribution in [3.63, 3.8) is 0 Å². The Labute approximate surface area is 189 Å². The largest absolute Gasteiger partial charge is 0.445 e. The maximum Gasteiger partial charge on any atom is 0.410 e. The molecule has 2 amide bonds. The van der Waals surface area contributed by atoms with Crippen molar-refractivity contribution in [2.45, 2.75) is 26.0 Å². The van der Waals surface area contributed by atoms with Crippen LogP contribution in [0.25, 0.3) is 0 Å². The number of fused-ring (bicyclic) bond motifs is 1. The minimum atomic E-state index is -0.494. The van der Waals surface area contributed by atoms with Gasteiger partial charge in [-0.3, -0.25) is 9.79 Å². The molecule has 30 heavy (non-hydrogen) atoms. The Hall–Kier alpha value is -2.42. The van der Waals surface area contributed by atoms with E-state index in [0.29, 0.717) is 32.6 Å². The Morgan fingerprint density at radius 3 is 2.77 bits per heavy atom. The predicted octanol–water partition coefficient (Wildman–Crippen LogP) is 4.15. The van der Waals surface area contributed by atoms with E-state index < -0.39 is 5.41 Å². The summed E-state index contributed by atoms with van der Waals surface area (Å²) in [6.45, 7) is 2.63. The zero-order valence-electron chi connectivity index (χ0n) is 16.5. The molecule has 0 unspecified atom stereocenters. The number of rotatable bonds is 3. The Morgan fingerprint density at radius 1 is 1.13 bits per heavy atom. The molecule has 2 saturated heterocycles. The van der Waals surface area contributed by atoms with E-state index in [2.05, 4.69) is 39.7 Å². The van der Waals surface area contributed by atoms with E-state index >= 15 is 0 Å². The van der Waals surface area contributed by atoms with E-state index in [1.807, 2.05) is 41.3 Å². The van der Waals surface area contributed by atoms with Gasteiger partial charge in [0.05, 0.1) is 12.0 Å². The maximum absolute atomic E-state index is 13.4. The van der Waals surface area contributed by atoms with Crippen LogP contribution in [0.3, 0.4) is 0 Å². The van der Waals surface area contributed by atoms with Crippen molar-refractivity contribution in [3.8, 4) is 0 Å². The van der Waals surface area contributed by atoms with Gasteiger partial charge in [0.2, 0.25) is 5.91 Å². The van der Waals surface area contributed by atoms with Gasteiger partial charge in [-0.1, -0.05) is 36.4 Å². The molecule has 0 aromatic heterocycles. The number of benzene rings is 2. The number of anilines is 1. The molecule has 2 aromatic carbocycles. The fourth-order valence-corrected chi connectivity index (χ4v) is 5.26. The molecule has 0 radical (unpaired) electrons. The zero-order chi connectivity index (χ0) is 20.7. The first-order valence-corrected chi connectivity index (χ1v) is 11.2. The Kier molecular flexibility index (Phi) is 5.00. The monoisotopic (exact) mass is 515 g/mol. The van der Waals surface area contributed by atoms with Crippen LogP contribution in [0.5, 0.6) is 0 Å². The highest BCUT2D eigenvalue weighted by molar-refractivity contribution is 14.1. The van der Waals surface area contributed by atoms with Gasteiger partial charge in [-0.15, -0.1) is 0 Å². The SMILES string of the molecule is O=C(OCc1ccccc1)N1CC[C@]2(CCN(c3ccc4c(c3)C(I)=NC4)C2=O)C1. The lowest BCUT2D eigenvalue weighted by Crippen LogP contribution is -2.38. The first-order valence-electron chi connectivity index (χ1n) is 10.2. The minimum absolute atomic E-state index is 0.116. The Bertz CT molecular complexity index is 1040. The lowest BCUT2D eigenvalue weighted by molar-refractivity contribution is -0.124. The van der Waals surface area contributed by atoms with Gasteiger partial charge in [-0.05, 0) is 58.7 Å². The molecular formula is C23H22IN3O3. The van der Waals surface area contributed by atoms with Crippen molar-refractivity contribution >= 4 is 44.0 Å². The third-order valence-electron chi connectivity index (χ3n) is 6.35. The smallest absolute Gasteiger partial charge is 0.410 e. The van der Waals surface area contributed by atoms with E-state index in [0.717, 1.165) is 27.0 Å². The van der Waals surface area contributed by atoms with Crippen LogP contribution < -0.4 is 4.90 Å². The molecular weight excluding hydrogens is 493 g/mol. The molecule has 6 nitrogen and oxygen atoms in total. The third kappa shape index (κ3) is 3.38. The highest BCUT2D eigenvalue weighted by Crippen LogP contribution is 2.43. The number of aliphatic imine (C=N–C) groups is 1. The van der Waals surface area contributed by atoms with Crippen molar-refractivity contribution in [2.24, 2.45) is 10.4 Å². The van der Waals surface area contributed by atoms with Crippen LogP contribution in [-0.2, 0) is 22.7 Å². The molecule has 0 saturated carbocycles. The van der Waals surface area contributed by atoms with Gasteiger partial charge in [0.1, 0.15) is 10.3 Å². The number of nitrogens with zero attached hydrogens (tertiary/aromatic N) is 3. The van der Waals surface area contributed by atoms with Crippen molar-refractivity contribution in [1.82, 2.24) is 4.90 Å². The number of amides is 2. The van der Waals surface area contributed by atoms with Crippen LogP contribution in [0.2, 0.25) is 0 Å². The van der Waals surface area contributed by atoms with Crippen LogP contribution in [0.1, 0.15) is 29.5 Å². The minimum Gasteiger partial charge on any atom is -0.445 e. The second-order valence-corrected chi connectivity index (χ2v) is 9.17. The van der Waals surface area contributed by atoms with Crippen molar-refractivity contribution < 1.29 is 14.3 Å². The average Bonchev–Trinajstić information content (AvgIpc) is 3.46. The number of hydrogen-bond acceptors (Lipinski definition) is 4. The number of carbonyl (C=O) groups is 2. The van der Waals surface area contributed by atoms with Crippen molar-refractivity contribution in [1.29, 1.82) is 0 Å². The lowest BCUT2D eigenvalue weighted by Gasteiger charge is -2.24. The second kappa shape index (κ2) is 7.68. The molecule has 0 aliphatic carbocycles. The van der Waals surface area contributed by atoms with Crippen molar-refractivity contribution in [3.05, 3.63) is 65.2 Å². The summed E-state index contributed by atoms with van der Waals surface area (Å²) in [6.07, 6.45) is 1.11. The van der Waals surface area contributed by atoms with Gasteiger partial charge in [0.25, 0.3) is 0 Å². The molecule has 154 valence electrons. The van der Waals surface area contributed by atoms with Gasteiger partial charge < -0.3 is 14.5 Å². The summed E-state index contributed by atoms with van der Waals surface area (Å²) in [7, 11) is 0. The quantitative estimate of drug-likeness (QED) is 0.578. The van der Waals surface area contributed by atoms with E-state index in [-0.39, 0.29) is 18.6 Å². The number of ether oxygens (including phenoxy) is 1. The molecule has 3 aliphatic heterocycles. The van der Waals surface area contributed by atoms with Crippen LogP contribution in [0, 0.1) is 5.41 Å². The van der Waals surface area contributed by atoms with Crippen LogP contribution in [-0.4, -0.2) is 40.3 Å². The molecule has 3 heterocycles. The van der Waals surface area contributed by atoms with E-state index in [4.69, 9.17) is 4.74 Å². The van der Waals surface area contributed by atoms with Gasteiger partial charge in [-0.2, -0.15) is 0 Å². The molecule has 1 spiro atoms. The summed E-state index contributed by atoms with van der Waals surface area (Å²) in [5, 5.41) is 0. The molecule has 5 rings (SSSR count). The average molecular weight is 515 g/mol. The molecule has 0 bridgehead atoms. The molecule has 2 aromatic rings. The predicted molar refractivity (Wildman–Crippen MR) is 123 cm³/mol. The van der Waals surface area contributed by atoms with Gasteiger partial charge >= 0.3 is 6.09 Å². The highest BCUT2D eigenvalue weighted by Gasteiger charge is 2.52. The van der Waals surface area contributed by atoms with Gasteiger partial charge in [-0.25, -0.2) is 4.79 Å². The fourth-order valence-electron chi connectivity index (χ4n) is 4.59. The lowest BCUT2D eigenvalue weighted by atomic mass is 9.85. The number of likely N-dealkylation sites (tertiary alicyclic amines) is 1. The van der Waals surface area contributed by atoms with E-state index in [1.54, 1.807) is 4.90 Å². The Morgan fingerprint density at radius 2 is 1.93 bits per heavy atom. The summed E-state index contributed by atoms with van der Waals surface area (Å²) in [4.78, 5) is 34.0. The standard InChI is InChI=1S/C23H22IN3O3/c24-20-19-12-18(7-6-17(19)13-25-20)27-11-9-23(21(27)28)8-10-26(15-23)22(29)30-14-16-4-2-1-3-5-16/h1-7,12H,8-11,13-15H2/t23-/m0/s1. The fraction of sp³-hybridized carbons (Fsp3) is 0.348. The van der Waals surface area contributed by atoms with Crippen molar-refractivity contribution in [2.75, 3.05) is 24.5 Å². The van der Waals surface area contributed by atoms with Gasteiger partial charge in [0, 0.05) is 30.9 Å². The van der Waals surface area contributed by atoms with E-state index in [1.165, 1.54) is 5.56 Å². The molecule has 2 fully saturated rings. The summed E-state index contributed by atoms with van der Waals surface area (Å²) in [5.41, 5.74) is 3.72. The number of hydrogen-bond donors (Lipinski definition) is 0. The summed E-state index contributed by atoms with van der Waals surface area (Å²) in [5.74, 6) is 0.116. The maximum atomic E-state index is 13.4. The first kappa shape index (κ1) is 19.5. The topological polar surface area (TPSA) is 62.2 Å². The Balaban J connectivity index is 1.26. The third-order valence-corrected chi connectivity index (χ3v) is 7.27. The van der Waals surface area contributed by atoms with Crippen LogP contribution >= 0.6 is 22.6 Å². The second-order valence-electron chi connectivity index (χ2n) is 8.15. The summed E-state index contributed by atoms with van der Waals surface area (Å²) in [6, 6.07) is 15.8.